The molecule has 0 saturated carbocycles. The van der Waals surface area contributed by atoms with Gasteiger partial charge in [0, 0.05) is 12.0 Å². The largest absolute Gasteiger partial charge is 0.497 e. The highest BCUT2D eigenvalue weighted by Gasteiger charge is 2.31. The Bertz CT molecular complexity index is 358. The van der Waals surface area contributed by atoms with Gasteiger partial charge in [-0.2, -0.15) is 0 Å². The minimum absolute atomic E-state index is 0.0904. The molecule has 1 rings (SSSR count). The Balaban J connectivity index is 2.51. The first-order chi connectivity index (χ1) is 9.07. The van der Waals surface area contributed by atoms with E-state index in [0.29, 0.717) is 19.1 Å². The van der Waals surface area contributed by atoms with Crippen LogP contribution in [0.3, 0.4) is 0 Å². The summed E-state index contributed by atoms with van der Waals surface area (Å²) in [5.41, 5.74) is 5.55. The number of hydrogen-bond acceptors (Lipinski definition) is 4. The van der Waals surface area contributed by atoms with Crippen molar-refractivity contribution >= 4 is 0 Å². The van der Waals surface area contributed by atoms with E-state index in [1.54, 1.807) is 7.11 Å². The van der Waals surface area contributed by atoms with Crippen molar-refractivity contribution < 1.29 is 14.6 Å². The normalized spacial score (nSPS) is 14.2. The van der Waals surface area contributed by atoms with Crippen molar-refractivity contribution in [1.82, 2.24) is 0 Å². The third-order valence-corrected chi connectivity index (χ3v) is 3.87. The van der Waals surface area contributed by atoms with Crippen molar-refractivity contribution in [3.63, 3.8) is 0 Å². The minimum Gasteiger partial charge on any atom is -0.497 e. The van der Waals surface area contributed by atoms with Gasteiger partial charge in [0.2, 0.25) is 0 Å². The summed E-state index contributed by atoms with van der Waals surface area (Å²) in [5.74, 6) is 1.93. The molecule has 3 N–H and O–H groups in total. The Labute approximate surface area is 115 Å². The monoisotopic (exact) mass is 267 g/mol. The zero-order valence-electron chi connectivity index (χ0n) is 12.1. The molecule has 0 saturated heterocycles. The molecule has 0 aliphatic rings. The molecule has 1 aromatic carbocycles. The third-order valence-electron chi connectivity index (χ3n) is 3.87. The van der Waals surface area contributed by atoms with Crippen LogP contribution in [0.4, 0.5) is 0 Å². The highest BCUT2D eigenvalue weighted by Crippen LogP contribution is 2.30. The van der Waals surface area contributed by atoms with Gasteiger partial charge in [-0.15, -0.1) is 0 Å². The van der Waals surface area contributed by atoms with Crippen molar-refractivity contribution in [3.8, 4) is 11.5 Å². The smallest absolute Gasteiger partial charge is 0.119 e. The first kappa shape index (κ1) is 15.8. The number of ether oxygens (including phenoxy) is 2. The number of aliphatic hydroxyl groups is 1. The molecule has 0 aromatic heterocycles. The van der Waals surface area contributed by atoms with E-state index in [4.69, 9.17) is 15.2 Å². The lowest BCUT2D eigenvalue weighted by Gasteiger charge is -2.34. The fourth-order valence-electron chi connectivity index (χ4n) is 2.00. The molecule has 108 valence electrons. The number of aliphatic hydroxyl groups excluding tert-OH is 1. The van der Waals surface area contributed by atoms with Crippen LogP contribution in [0.25, 0.3) is 0 Å². The highest BCUT2D eigenvalue weighted by atomic mass is 16.5. The van der Waals surface area contributed by atoms with Gasteiger partial charge in [0.05, 0.1) is 20.3 Å². The van der Waals surface area contributed by atoms with Crippen LogP contribution in [0.1, 0.15) is 20.3 Å². The summed E-state index contributed by atoms with van der Waals surface area (Å²) in [6.07, 6.45) is 0.740. The van der Waals surface area contributed by atoms with Crippen molar-refractivity contribution in [3.05, 3.63) is 24.3 Å². The molecule has 0 aliphatic carbocycles. The maximum Gasteiger partial charge on any atom is 0.119 e. The van der Waals surface area contributed by atoms with E-state index in [1.807, 2.05) is 24.3 Å². The fourth-order valence-corrected chi connectivity index (χ4v) is 2.00. The van der Waals surface area contributed by atoms with Gasteiger partial charge in [0.25, 0.3) is 0 Å². The van der Waals surface area contributed by atoms with E-state index in [1.165, 1.54) is 0 Å². The van der Waals surface area contributed by atoms with Crippen LogP contribution in [0.2, 0.25) is 0 Å². The minimum atomic E-state index is -0.257. The maximum atomic E-state index is 9.56. The van der Waals surface area contributed by atoms with Crippen LogP contribution in [-0.2, 0) is 0 Å². The molecule has 1 aromatic rings. The van der Waals surface area contributed by atoms with Gasteiger partial charge in [-0.25, -0.2) is 0 Å². The van der Waals surface area contributed by atoms with Crippen LogP contribution < -0.4 is 15.2 Å². The summed E-state index contributed by atoms with van der Waals surface area (Å²) >= 11 is 0. The topological polar surface area (TPSA) is 64.7 Å². The molecule has 0 heterocycles. The zero-order chi connectivity index (χ0) is 14.3. The molecular formula is C15H25NO3. The van der Waals surface area contributed by atoms with Gasteiger partial charge < -0.3 is 20.3 Å². The average Bonchev–Trinajstić information content (AvgIpc) is 2.44. The third kappa shape index (κ3) is 4.11. The maximum absolute atomic E-state index is 9.56. The summed E-state index contributed by atoms with van der Waals surface area (Å²) in [4.78, 5) is 0. The zero-order valence-corrected chi connectivity index (χ0v) is 12.1. The molecule has 0 aliphatic heterocycles. The van der Waals surface area contributed by atoms with Gasteiger partial charge in [0.1, 0.15) is 11.5 Å². The first-order valence-corrected chi connectivity index (χ1v) is 6.66. The number of methoxy groups -OCH3 is 1. The fraction of sp³-hybridized carbons (Fsp3) is 0.600. The number of nitrogens with two attached hydrogens (primary N) is 1. The second-order valence-electron chi connectivity index (χ2n) is 5.15. The molecule has 0 bridgehead atoms. The van der Waals surface area contributed by atoms with Crippen molar-refractivity contribution in [2.75, 3.05) is 26.9 Å². The lowest BCUT2D eigenvalue weighted by atomic mass is 9.75. The Hall–Kier alpha value is -1.26. The Kier molecular flexibility index (Phi) is 6.12. The SMILES string of the molecule is COc1ccc(OCCC(CN)(CO)C(C)C)cc1. The number of hydrogen-bond donors (Lipinski definition) is 2. The Morgan fingerprint density at radius 2 is 1.79 bits per heavy atom. The molecule has 4 heteroatoms. The molecule has 0 amide bonds. The predicted octanol–water partition coefficient (Wildman–Crippen LogP) is 2.06. The quantitative estimate of drug-likeness (QED) is 0.756. The van der Waals surface area contributed by atoms with Crippen LogP contribution in [0.15, 0.2) is 24.3 Å². The Morgan fingerprint density at radius 3 is 2.21 bits per heavy atom. The summed E-state index contributed by atoms with van der Waals surface area (Å²) in [6, 6.07) is 7.47. The second-order valence-corrected chi connectivity index (χ2v) is 5.15. The summed E-state index contributed by atoms with van der Waals surface area (Å²) in [5, 5.41) is 9.56. The predicted molar refractivity (Wildman–Crippen MR) is 76.5 cm³/mol. The highest BCUT2D eigenvalue weighted by molar-refractivity contribution is 5.31. The van der Waals surface area contributed by atoms with Gasteiger partial charge in [-0.3, -0.25) is 0 Å². The molecule has 0 fully saturated rings. The molecule has 0 radical (unpaired) electrons. The van der Waals surface area contributed by atoms with Crippen LogP contribution in [0, 0.1) is 11.3 Å². The van der Waals surface area contributed by atoms with E-state index in [2.05, 4.69) is 13.8 Å². The lowest BCUT2D eigenvalue weighted by Crippen LogP contribution is -2.40. The van der Waals surface area contributed by atoms with E-state index < -0.39 is 0 Å². The van der Waals surface area contributed by atoms with Crippen molar-refractivity contribution in [1.29, 1.82) is 0 Å². The van der Waals surface area contributed by atoms with Crippen LogP contribution >= 0.6 is 0 Å². The first-order valence-electron chi connectivity index (χ1n) is 6.66. The van der Waals surface area contributed by atoms with E-state index in [0.717, 1.165) is 17.9 Å². The van der Waals surface area contributed by atoms with Gasteiger partial charge in [0.15, 0.2) is 0 Å². The Morgan fingerprint density at radius 1 is 1.21 bits per heavy atom. The molecule has 1 atom stereocenters. The van der Waals surface area contributed by atoms with Crippen molar-refractivity contribution in [2.24, 2.45) is 17.1 Å². The van der Waals surface area contributed by atoms with Crippen molar-refractivity contribution in [2.45, 2.75) is 20.3 Å². The standard InChI is InChI=1S/C15H25NO3/c1-12(2)15(10-16,11-17)8-9-19-14-6-4-13(18-3)5-7-14/h4-7,12,17H,8-11,16H2,1-3H3. The van der Waals surface area contributed by atoms with Gasteiger partial charge >= 0.3 is 0 Å². The number of benzene rings is 1. The summed E-state index contributed by atoms with van der Waals surface area (Å²) < 4.78 is 10.8. The molecule has 1 unspecified atom stereocenters. The molecule has 0 spiro atoms. The summed E-state index contributed by atoms with van der Waals surface area (Å²) in [6.45, 7) is 5.26. The van der Waals surface area contributed by atoms with E-state index in [9.17, 15) is 5.11 Å². The van der Waals surface area contributed by atoms with Crippen LogP contribution in [-0.4, -0.2) is 32.0 Å². The summed E-state index contributed by atoms with van der Waals surface area (Å²) in [7, 11) is 1.63. The average molecular weight is 267 g/mol. The molecule has 4 nitrogen and oxygen atoms in total. The van der Waals surface area contributed by atoms with E-state index >= 15 is 0 Å². The second kappa shape index (κ2) is 7.36. The lowest BCUT2D eigenvalue weighted by molar-refractivity contribution is 0.0596. The van der Waals surface area contributed by atoms with E-state index in [-0.39, 0.29) is 12.0 Å². The van der Waals surface area contributed by atoms with Crippen LogP contribution in [0.5, 0.6) is 11.5 Å². The van der Waals surface area contributed by atoms with Gasteiger partial charge in [-0.05, 0) is 36.6 Å². The van der Waals surface area contributed by atoms with Gasteiger partial charge in [-0.1, -0.05) is 13.8 Å². The number of rotatable bonds is 8. The molecule has 19 heavy (non-hydrogen) atoms. The molecular weight excluding hydrogens is 242 g/mol.